The monoisotopic (exact) mass is 280 g/mol. The first-order valence-electron chi connectivity index (χ1n) is 5.30. The number of aromatic nitrogens is 6. The summed E-state index contributed by atoms with van der Waals surface area (Å²) in [5, 5.41) is 13.3. The van der Waals surface area contributed by atoms with Gasteiger partial charge in [-0.15, -0.1) is 5.10 Å². The van der Waals surface area contributed by atoms with E-state index in [0.717, 1.165) is 5.69 Å². The fourth-order valence-electron chi connectivity index (χ4n) is 1.76. The van der Waals surface area contributed by atoms with Crippen molar-refractivity contribution >= 4 is 18.7 Å². The van der Waals surface area contributed by atoms with E-state index in [0.29, 0.717) is 17.9 Å². The lowest BCUT2D eigenvalue weighted by Crippen LogP contribution is -2.04. The van der Waals surface area contributed by atoms with E-state index in [1.807, 2.05) is 0 Å². The van der Waals surface area contributed by atoms with Crippen molar-refractivity contribution in [3.8, 4) is 0 Å². The molecule has 3 aromatic rings. The van der Waals surface area contributed by atoms with Gasteiger partial charge in [-0.05, 0) is 22.6 Å². The highest BCUT2D eigenvalue weighted by Gasteiger charge is 2.21. The second-order valence-electron chi connectivity index (χ2n) is 3.91. The van der Waals surface area contributed by atoms with Crippen LogP contribution in [0.15, 0.2) is 24.4 Å². The van der Waals surface area contributed by atoms with Gasteiger partial charge in [0.05, 0.1) is 0 Å². The molecule has 0 radical (unpaired) electrons. The molecule has 0 unspecified atom stereocenters. The van der Waals surface area contributed by atoms with Gasteiger partial charge in [-0.1, -0.05) is 6.07 Å². The molecule has 0 bridgehead atoms. The van der Waals surface area contributed by atoms with Crippen LogP contribution in [0.25, 0.3) is 5.65 Å². The van der Waals surface area contributed by atoms with Crippen LogP contribution >= 0.6 is 7.60 Å². The molecular weight excluding hydrogens is 271 g/mol. The molecule has 0 saturated carbocycles. The van der Waals surface area contributed by atoms with Crippen LogP contribution in [0, 0.1) is 0 Å². The van der Waals surface area contributed by atoms with E-state index < -0.39 is 7.60 Å². The van der Waals surface area contributed by atoms with Gasteiger partial charge in [0.1, 0.15) is 5.65 Å². The zero-order chi connectivity index (χ0) is 13.5. The van der Waals surface area contributed by atoms with E-state index in [2.05, 4.69) is 25.6 Å². The van der Waals surface area contributed by atoms with Gasteiger partial charge < -0.3 is 14.2 Å². The molecule has 9 nitrogen and oxygen atoms in total. The summed E-state index contributed by atoms with van der Waals surface area (Å²) in [6, 6.07) is 5.23. The van der Waals surface area contributed by atoms with Crippen LogP contribution in [-0.4, -0.2) is 39.8 Å². The standard InChI is InChI=1S/C9H9N6O3P/c16-19(17,18)9-5-15-6(2-1-3-8(15)10-9)4-7-11-13-14-12-7/h1-3,5H,4H2,(H2,16,17,18)(H,11,12,13,14). The van der Waals surface area contributed by atoms with Gasteiger partial charge in [0.2, 0.25) is 0 Å². The zero-order valence-corrected chi connectivity index (χ0v) is 10.4. The second kappa shape index (κ2) is 4.23. The molecule has 0 amide bonds. The van der Waals surface area contributed by atoms with E-state index >= 15 is 0 Å². The second-order valence-corrected chi connectivity index (χ2v) is 5.46. The summed E-state index contributed by atoms with van der Waals surface area (Å²) in [5.74, 6) is 0.555. The van der Waals surface area contributed by atoms with Crippen LogP contribution in [0.5, 0.6) is 0 Å². The molecule has 0 aliphatic heterocycles. The molecule has 10 heteroatoms. The minimum atomic E-state index is -4.36. The van der Waals surface area contributed by atoms with E-state index in [4.69, 9.17) is 9.79 Å². The van der Waals surface area contributed by atoms with Gasteiger partial charge in [0, 0.05) is 18.3 Å². The Morgan fingerprint density at radius 2 is 2.21 bits per heavy atom. The Morgan fingerprint density at radius 1 is 1.37 bits per heavy atom. The molecule has 0 fully saturated rings. The van der Waals surface area contributed by atoms with Gasteiger partial charge in [0.25, 0.3) is 0 Å². The third kappa shape index (κ3) is 2.26. The quantitative estimate of drug-likeness (QED) is 0.538. The molecule has 0 aliphatic carbocycles. The number of H-pyrrole nitrogens is 1. The fraction of sp³-hybridized carbons (Fsp3) is 0.111. The molecule has 3 N–H and O–H groups in total. The van der Waals surface area contributed by atoms with Gasteiger partial charge in [0.15, 0.2) is 11.3 Å². The lowest BCUT2D eigenvalue weighted by molar-refractivity contribution is 0.386. The zero-order valence-electron chi connectivity index (χ0n) is 9.50. The number of rotatable bonds is 3. The minimum absolute atomic E-state index is 0.254. The Morgan fingerprint density at radius 3 is 2.89 bits per heavy atom. The molecule has 0 aliphatic rings. The fourth-order valence-corrected chi connectivity index (χ4v) is 2.26. The van der Waals surface area contributed by atoms with Gasteiger partial charge in [-0.25, -0.2) is 10.1 Å². The largest absolute Gasteiger partial charge is 0.376 e. The first-order chi connectivity index (χ1) is 9.04. The smallest absolute Gasteiger partial charge is 0.320 e. The molecule has 98 valence electrons. The van der Waals surface area contributed by atoms with Crippen LogP contribution in [-0.2, 0) is 11.0 Å². The predicted octanol–water partition coefficient (Wildman–Crippen LogP) is -0.759. The van der Waals surface area contributed by atoms with Gasteiger partial charge in [-0.3, -0.25) is 4.57 Å². The Labute approximate surface area is 106 Å². The van der Waals surface area contributed by atoms with E-state index in [1.165, 1.54) is 6.20 Å². The first-order valence-corrected chi connectivity index (χ1v) is 6.91. The molecule has 0 aromatic carbocycles. The molecule has 3 heterocycles. The van der Waals surface area contributed by atoms with Crippen molar-refractivity contribution in [1.29, 1.82) is 0 Å². The predicted molar refractivity (Wildman–Crippen MR) is 63.9 cm³/mol. The Bertz CT molecular complexity index is 761. The highest BCUT2D eigenvalue weighted by Crippen LogP contribution is 2.32. The maximum absolute atomic E-state index is 11.2. The van der Waals surface area contributed by atoms with Crippen LogP contribution in [0.2, 0.25) is 0 Å². The maximum atomic E-state index is 11.2. The number of aromatic amines is 1. The molecule has 19 heavy (non-hydrogen) atoms. The third-order valence-electron chi connectivity index (χ3n) is 2.60. The minimum Gasteiger partial charge on any atom is -0.320 e. The van der Waals surface area contributed by atoms with Crippen molar-refractivity contribution in [3.63, 3.8) is 0 Å². The summed E-state index contributed by atoms with van der Waals surface area (Å²) in [6.07, 6.45) is 1.73. The SMILES string of the molecule is O=P(O)(O)c1cn2c(Cc3nnn[nH]3)cccc2n1. The van der Waals surface area contributed by atoms with Crippen molar-refractivity contribution in [2.45, 2.75) is 6.42 Å². The van der Waals surface area contributed by atoms with Crippen molar-refractivity contribution in [1.82, 2.24) is 30.0 Å². The van der Waals surface area contributed by atoms with Crippen LogP contribution in [0.1, 0.15) is 11.5 Å². The van der Waals surface area contributed by atoms with E-state index in [-0.39, 0.29) is 5.44 Å². The Balaban J connectivity index is 2.10. The topological polar surface area (TPSA) is 129 Å². The Kier molecular flexibility index (Phi) is 2.67. The number of hydrogen-bond donors (Lipinski definition) is 3. The number of pyridine rings is 1. The third-order valence-corrected chi connectivity index (χ3v) is 3.41. The normalized spacial score (nSPS) is 12.1. The number of hydrogen-bond acceptors (Lipinski definition) is 5. The molecule has 0 spiro atoms. The maximum Gasteiger partial charge on any atom is 0.376 e. The van der Waals surface area contributed by atoms with Crippen LogP contribution in [0.3, 0.4) is 0 Å². The van der Waals surface area contributed by atoms with Crippen molar-refractivity contribution < 1.29 is 14.4 Å². The van der Waals surface area contributed by atoms with E-state index in [1.54, 1.807) is 22.6 Å². The average Bonchev–Trinajstić information content (AvgIpc) is 2.96. The van der Waals surface area contributed by atoms with Gasteiger partial charge >= 0.3 is 7.60 Å². The van der Waals surface area contributed by atoms with Crippen LogP contribution in [0.4, 0.5) is 0 Å². The number of fused-ring (bicyclic) bond motifs is 1. The first kappa shape index (κ1) is 12.0. The number of nitrogens with zero attached hydrogens (tertiary/aromatic N) is 5. The molecule has 0 atom stereocenters. The number of imidazole rings is 1. The summed E-state index contributed by atoms with van der Waals surface area (Å²) >= 11 is 0. The lowest BCUT2D eigenvalue weighted by Gasteiger charge is -2.01. The van der Waals surface area contributed by atoms with Gasteiger partial charge in [-0.2, -0.15) is 0 Å². The Hall–Kier alpha value is -2.09. The van der Waals surface area contributed by atoms with Crippen molar-refractivity contribution in [2.75, 3.05) is 0 Å². The van der Waals surface area contributed by atoms with E-state index in [9.17, 15) is 4.57 Å². The molecule has 0 saturated heterocycles. The summed E-state index contributed by atoms with van der Waals surface area (Å²) in [4.78, 5) is 22.2. The summed E-state index contributed by atoms with van der Waals surface area (Å²) < 4.78 is 12.8. The highest BCUT2D eigenvalue weighted by atomic mass is 31.2. The van der Waals surface area contributed by atoms with Crippen molar-refractivity contribution in [2.24, 2.45) is 0 Å². The number of tetrazole rings is 1. The summed E-state index contributed by atoms with van der Waals surface area (Å²) in [7, 11) is -4.36. The molecule has 3 aromatic heterocycles. The summed E-state index contributed by atoms with van der Waals surface area (Å²) in [5.41, 5.74) is 0.974. The highest BCUT2D eigenvalue weighted by molar-refractivity contribution is 7.60. The molecular formula is C9H9N6O3P. The number of nitrogens with one attached hydrogen (secondary N) is 1. The molecule has 3 rings (SSSR count). The van der Waals surface area contributed by atoms with Crippen molar-refractivity contribution in [3.05, 3.63) is 35.9 Å². The summed E-state index contributed by atoms with van der Waals surface area (Å²) in [6.45, 7) is 0. The lowest BCUT2D eigenvalue weighted by atomic mass is 10.2. The van der Waals surface area contributed by atoms with Crippen LogP contribution < -0.4 is 5.44 Å². The average molecular weight is 280 g/mol.